The zero-order valence-corrected chi connectivity index (χ0v) is 13.6. The fourth-order valence-corrected chi connectivity index (χ4v) is 2.23. The lowest BCUT2D eigenvalue weighted by atomic mass is 10.1. The second kappa shape index (κ2) is 9.02. The molecule has 0 aliphatic heterocycles. The van der Waals surface area contributed by atoms with Gasteiger partial charge in [0, 0.05) is 32.0 Å². The van der Waals surface area contributed by atoms with Gasteiger partial charge >= 0.3 is 0 Å². The summed E-state index contributed by atoms with van der Waals surface area (Å²) in [5.41, 5.74) is 6.25. The van der Waals surface area contributed by atoms with Crippen molar-refractivity contribution in [1.82, 2.24) is 10.6 Å². The number of carbonyl (C=O) groups excluding carboxylic acids is 3. The Morgan fingerprint density at radius 1 is 1.08 bits per heavy atom. The van der Waals surface area contributed by atoms with Crippen molar-refractivity contribution in [2.45, 2.75) is 25.7 Å². The highest BCUT2D eigenvalue weighted by Crippen LogP contribution is 2.28. The van der Waals surface area contributed by atoms with E-state index in [4.69, 9.17) is 5.73 Å². The Morgan fingerprint density at radius 2 is 1.83 bits per heavy atom. The number of amides is 3. The highest BCUT2D eigenvalue weighted by Gasteiger charge is 2.28. The number of hydrogen-bond acceptors (Lipinski definition) is 4. The van der Waals surface area contributed by atoms with Gasteiger partial charge in [0.25, 0.3) is 5.91 Å². The Labute approximate surface area is 141 Å². The number of rotatable bonds is 9. The molecule has 0 spiro atoms. The first-order valence-corrected chi connectivity index (χ1v) is 8.26. The highest BCUT2D eigenvalue weighted by atomic mass is 16.2. The SMILES string of the molecule is NCCNC(=O)c1ccccc1NC(=O)CCCNC(=O)C1CC1. The van der Waals surface area contributed by atoms with E-state index in [1.54, 1.807) is 24.3 Å². The maximum absolute atomic E-state index is 12.0. The van der Waals surface area contributed by atoms with Crippen LogP contribution in [0.1, 0.15) is 36.0 Å². The minimum Gasteiger partial charge on any atom is -0.356 e. The monoisotopic (exact) mass is 332 g/mol. The molecule has 0 heterocycles. The molecule has 0 saturated heterocycles. The molecule has 1 aliphatic carbocycles. The van der Waals surface area contributed by atoms with Gasteiger partial charge in [-0.05, 0) is 31.4 Å². The summed E-state index contributed by atoms with van der Waals surface area (Å²) in [5, 5.41) is 8.25. The molecule has 1 fully saturated rings. The fraction of sp³-hybridized carbons (Fsp3) is 0.471. The lowest BCUT2D eigenvalue weighted by Crippen LogP contribution is -2.30. The molecular formula is C17H24N4O3. The Morgan fingerprint density at radius 3 is 2.54 bits per heavy atom. The van der Waals surface area contributed by atoms with Crippen molar-refractivity contribution in [3.8, 4) is 0 Å². The van der Waals surface area contributed by atoms with Crippen LogP contribution in [0.2, 0.25) is 0 Å². The molecular weight excluding hydrogens is 308 g/mol. The second-order valence-electron chi connectivity index (χ2n) is 5.81. The summed E-state index contributed by atoms with van der Waals surface area (Å²) >= 11 is 0. The van der Waals surface area contributed by atoms with Crippen molar-refractivity contribution in [2.24, 2.45) is 11.7 Å². The van der Waals surface area contributed by atoms with E-state index in [0.29, 0.717) is 37.3 Å². The van der Waals surface area contributed by atoms with Crippen molar-refractivity contribution < 1.29 is 14.4 Å². The number of anilines is 1. The molecule has 2 rings (SSSR count). The van der Waals surface area contributed by atoms with Gasteiger partial charge in [-0.15, -0.1) is 0 Å². The minimum absolute atomic E-state index is 0.0809. The van der Waals surface area contributed by atoms with Crippen molar-refractivity contribution >= 4 is 23.4 Å². The minimum atomic E-state index is -0.270. The molecule has 5 N–H and O–H groups in total. The van der Waals surface area contributed by atoms with E-state index in [1.807, 2.05) is 0 Å². The molecule has 0 radical (unpaired) electrons. The molecule has 1 aromatic rings. The Balaban J connectivity index is 1.78. The van der Waals surface area contributed by atoms with Gasteiger partial charge in [-0.2, -0.15) is 0 Å². The van der Waals surface area contributed by atoms with Crippen LogP contribution in [0, 0.1) is 5.92 Å². The first-order valence-electron chi connectivity index (χ1n) is 8.26. The summed E-state index contributed by atoms with van der Waals surface area (Å²) in [6.07, 6.45) is 2.78. The molecule has 24 heavy (non-hydrogen) atoms. The van der Waals surface area contributed by atoms with Crippen molar-refractivity contribution in [3.05, 3.63) is 29.8 Å². The molecule has 0 atom stereocenters. The van der Waals surface area contributed by atoms with Gasteiger partial charge < -0.3 is 21.7 Å². The summed E-state index contributed by atoms with van der Waals surface area (Å²) < 4.78 is 0. The van der Waals surface area contributed by atoms with Crippen molar-refractivity contribution in [1.29, 1.82) is 0 Å². The van der Waals surface area contributed by atoms with Crippen LogP contribution in [-0.2, 0) is 9.59 Å². The molecule has 1 saturated carbocycles. The second-order valence-corrected chi connectivity index (χ2v) is 5.81. The standard InChI is InChI=1S/C17H24N4O3/c18-9-11-20-17(24)13-4-1-2-5-14(13)21-15(22)6-3-10-19-16(23)12-7-8-12/h1-2,4-5,12H,3,6-11,18H2,(H,19,23)(H,20,24)(H,21,22). The molecule has 1 aromatic carbocycles. The van der Waals surface area contributed by atoms with E-state index in [9.17, 15) is 14.4 Å². The van der Waals surface area contributed by atoms with Crippen LogP contribution in [0.3, 0.4) is 0 Å². The zero-order valence-electron chi connectivity index (χ0n) is 13.6. The van der Waals surface area contributed by atoms with E-state index in [2.05, 4.69) is 16.0 Å². The number of para-hydroxylation sites is 1. The van der Waals surface area contributed by atoms with Crippen LogP contribution in [0.5, 0.6) is 0 Å². The van der Waals surface area contributed by atoms with E-state index in [0.717, 1.165) is 12.8 Å². The van der Waals surface area contributed by atoms with Crippen LogP contribution in [0.25, 0.3) is 0 Å². The quantitative estimate of drug-likeness (QED) is 0.496. The third kappa shape index (κ3) is 5.66. The van der Waals surface area contributed by atoms with E-state index in [1.165, 1.54) is 0 Å². The van der Waals surface area contributed by atoms with Gasteiger partial charge in [-0.3, -0.25) is 14.4 Å². The maximum Gasteiger partial charge on any atom is 0.253 e. The highest BCUT2D eigenvalue weighted by molar-refractivity contribution is 6.03. The molecule has 7 heteroatoms. The first kappa shape index (κ1) is 17.9. The van der Waals surface area contributed by atoms with Crippen LogP contribution in [0.15, 0.2) is 24.3 Å². The molecule has 0 bridgehead atoms. The normalized spacial score (nSPS) is 13.2. The Hall–Kier alpha value is -2.41. The van der Waals surface area contributed by atoms with E-state index < -0.39 is 0 Å². The third-order valence-corrected chi connectivity index (χ3v) is 3.70. The summed E-state index contributed by atoms with van der Waals surface area (Å²) in [6, 6.07) is 6.83. The Bertz CT molecular complexity index is 599. The van der Waals surface area contributed by atoms with Gasteiger partial charge in [-0.25, -0.2) is 0 Å². The Kier molecular flexibility index (Phi) is 6.74. The summed E-state index contributed by atoms with van der Waals surface area (Å²) in [4.78, 5) is 35.5. The number of hydrogen-bond donors (Lipinski definition) is 4. The van der Waals surface area contributed by atoms with Crippen molar-refractivity contribution in [3.63, 3.8) is 0 Å². The average Bonchev–Trinajstić information content (AvgIpc) is 3.42. The zero-order chi connectivity index (χ0) is 17.4. The predicted octanol–water partition coefficient (Wildman–Crippen LogP) is 0.620. The molecule has 1 aliphatic rings. The third-order valence-electron chi connectivity index (χ3n) is 3.70. The van der Waals surface area contributed by atoms with Crippen LogP contribution < -0.4 is 21.7 Å². The van der Waals surface area contributed by atoms with Crippen LogP contribution in [-0.4, -0.2) is 37.4 Å². The summed E-state index contributed by atoms with van der Waals surface area (Å²) in [6.45, 7) is 1.22. The molecule has 3 amide bonds. The summed E-state index contributed by atoms with van der Waals surface area (Å²) in [5.74, 6) is -0.196. The lowest BCUT2D eigenvalue weighted by molar-refractivity contribution is -0.122. The van der Waals surface area contributed by atoms with Crippen LogP contribution in [0.4, 0.5) is 5.69 Å². The van der Waals surface area contributed by atoms with Crippen LogP contribution >= 0.6 is 0 Å². The largest absolute Gasteiger partial charge is 0.356 e. The van der Waals surface area contributed by atoms with Gasteiger partial charge in [0.1, 0.15) is 0 Å². The topological polar surface area (TPSA) is 113 Å². The maximum atomic E-state index is 12.0. The van der Waals surface area contributed by atoms with Crippen molar-refractivity contribution in [2.75, 3.05) is 25.0 Å². The number of nitrogens with one attached hydrogen (secondary N) is 3. The van der Waals surface area contributed by atoms with Gasteiger partial charge in [0.2, 0.25) is 11.8 Å². The number of benzene rings is 1. The number of nitrogens with two attached hydrogens (primary N) is 1. The molecule has 130 valence electrons. The van der Waals surface area contributed by atoms with Gasteiger partial charge in [0.05, 0.1) is 11.3 Å². The fourth-order valence-electron chi connectivity index (χ4n) is 2.23. The van der Waals surface area contributed by atoms with E-state index in [-0.39, 0.29) is 30.1 Å². The van der Waals surface area contributed by atoms with E-state index >= 15 is 0 Å². The molecule has 0 aromatic heterocycles. The van der Waals surface area contributed by atoms with Gasteiger partial charge in [0.15, 0.2) is 0 Å². The predicted molar refractivity (Wildman–Crippen MR) is 91.4 cm³/mol. The number of carbonyl (C=O) groups is 3. The average molecular weight is 332 g/mol. The molecule has 7 nitrogen and oxygen atoms in total. The summed E-state index contributed by atoms with van der Waals surface area (Å²) in [7, 11) is 0. The van der Waals surface area contributed by atoms with Gasteiger partial charge in [-0.1, -0.05) is 12.1 Å². The molecule has 0 unspecified atom stereocenters. The smallest absolute Gasteiger partial charge is 0.253 e. The first-order chi connectivity index (χ1) is 11.6. The lowest BCUT2D eigenvalue weighted by Gasteiger charge is -2.11.